The first kappa shape index (κ1) is 11.9. The Balaban J connectivity index is 2.47. The van der Waals surface area contributed by atoms with Crippen LogP contribution >= 0.6 is 0 Å². The van der Waals surface area contributed by atoms with Crippen molar-refractivity contribution >= 4 is 0 Å². The van der Waals surface area contributed by atoms with E-state index in [1.165, 1.54) is 16.8 Å². The summed E-state index contributed by atoms with van der Waals surface area (Å²) >= 11 is 0. The molecule has 1 N–H and O–H groups in total. The fraction of sp³-hybridized carbons (Fsp3) is 0.357. The molecule has 3 nitrogen and oxygen atoms in total. The van der Waals surface area contributed by atoms with Gasteiger partial charge in [0.1, 0.15) is 0 Å². The minimum atomic E-state index is 0.277. The lowest BCUT2D eigenvalue weighted by Crippen LogP contribution is -2.13. The molecule has 0 spiro atoms. The maximum atomic E-state index is 4.55. The molecule has 1 heterocycles. The van der Waals surface area contributed by atoms with E-state index in [4.69, 9.17) is 0 Å². The van der Waals surface area contributed by atoms with Crippen molar-refractivity contribution in [2.24, 2.45) is 7.05 Å². The monoisotopic (exact) mass is 229 g/mol. The SMILES string of the molecule is CNC(C)c1cc(-c2ccccc2C)n(C)n1. The van der Waals surface area contributed by atoms with Crippen LogP contribution in [0.3, 0.4) is 0 Å². The van der Waals surface area contributed by atoms with Gasteiger partial charge in [-0.05, 0) is 32.5 Å². The fourth-order valence-corrected chi connectivity index (χ4v) is 1.96. The zero-order valence-corrected chi connectivity index (χ0v) is 10.9. The van der Waals surface area contributed by atoms with Crippen LogP contribution in [0.4, 0.5) is 0 Å². The number of aromatic nitrogens is 2. The van der Waals surface area contributed by atoms with Gasteiger partial charge in [-0.15, -0.1) is 0 Å². The van der Waals surface area contributed by atoms with Gasteiger partial charge >= 0.3 is 0 Å². The van der Waals surface area contributed by atoms with Crippen molar-refractivity contribution in [2.45, 2.75) is 19.9 Å². The lowest BCUT2D eigenvalue weighted by atomic mass is 10.1. The molecule has 17 heavy (non-hydrogen) atoms. The highest BCUT2D eigenvalue weighted by atomic mass is 15.3. The summed E-state index contributed by atoms with van der Waals surface area (Å²) in [7, 11) is 3.94. The van der Waals surface area contributed by atoms with Crippen molar-refractivity contribution in [2.75, 3.05) is 7.05 Å². The Bertz CT molecular complexity index is 514. The van der Waals surface area contributed by atoms with E-state index < -0.39 is 0 Å². The number of nitrogens with one attached hydrogen (secondary N) is 1. The first-order valence-corrected chi connectivity index (χ1v) is 5.90. The van der Waals surface area contributed by atoms with E-state index in [1.54, 1.807) is 0 Å². The van der Waals surface area contributed by atoms with Gasteiger partial charge in [-0.3, -0.25) is 4.68 Å². The van der Waals surface area contributed by atoms with Gasteiger partial charge < -0.3 is 5.32 Å². The molecule has 1 aromatic carbocycles. The smallest absolute Gasteiger partial charge is 0.0797 e. The Kier molecular flexibility index (Phi) is 3.29. The van der Waals surface area contributed by atoms with E-state index in [0.29, 0.717) is 0 Å². The first-order valence-electron chi connectivity index (χ1n) is 5.90. The minimum absolute atomic E-state index is 0.277. The number of aryl methyl sites for hydroxylation is 2. The molecule has 2 rings (SSSR count). The van der Waals surface area contributed by atoms with E-state index in [1.807, 2.05) is 18.8 Å². The van der Waals surface area contributed by atoms with Crippen LogP contribution in [0.5, 0.6) is 0 Å². The van der Waals surface area contributed by atoms with Crippen molar-refractivity contribution < 1.29 is 0 Å². The Labute approximate surface area is 102 Å². The van der Waals surface area contributed by atoms with Crippen molar-refractivity contribution in [1.29, 1.82) is 0 Å². The molecule has 0 bridgehead atoms. The molecule has 0 amide bonds. The third kappa shape index (κ3) is 2.24. The molecule has 0 aliphatic rings. The molecule has 0 radical (unpaired) electrons. The average Bonchev–Trinajstić information content (AvgIpc) is 2.71. The molecule has 0 saturated heterocycles. The summed E-state index contributed by atoms with van der Waals surface area (Å²) < 4.78 is 1.95. The van der Waals surface area contributed by atoms with Gasteiger partial charge in [0, 0.05) is 18.7 Å². The van der Waals surface area contributed by atoms with Crippen molar-refractivity contribution in [3.63, 3.8) is 0 Å². The third-order valence-electron chi connectivity index (χ3n) is 3.20. The summed E-state index contributed by atoms with van der Waals surface area (Å²) in [4.78, 5) is 0. The summed E-state index contributed by atoms with van der Waals surface area (Å²) in [5.41, 5.74) is 4.77. The van der Waals surface area contributed by atoms with E-state index >= 15 is 0 Å². The Hall–Kier alpha value is -1.61. The van der Waals surface area contributed by atoms with Crippen LogP contribution in [0.15, 0.2) is 30.3 Å². The van der Waals surface area contributed by atoms with Gasteiger partial charge in [0.15, 0.2) is 0 Å². The lowest BCUT2D eigenvalue weighted by molar-refractivity contribution is 0.612. The lowest BCUT2D eigenvalue weighted by Gasteiger charge is -2.04. The molecule has 0 aliphatic carbocycles. The van der Waals surface area contributed by atoms with Gasteiger partial charge in [-0.2, -0.15) is 5.10 Å². The molecule has 0 aliphatic heterocycles. The number of hydrogen-bond donors (Lipinski definition) is 1. The molecular weight excluding hydrogens is 210 g/mol. The molecule has 0 fully saturated rings. The largest absolute Gasteiger partial charge is 0.312 e. The summed E-state index contributed by atoms with van der Waals surface area (Å²) in [6.07, 6.45) is 0. The number of rotatable bonds is 3. The topological polar surface area (TPSA) is 29.9 Å². The molecular formula is C14H19N3. The van der Waals surface area contributed by atoms with Crippen LogP contribution < -0.4 is 5.32 Å². The number of nitrogens with zero attached hydrogens (tertiary/aromatic N) is 2. The number of hydrogen-bond acceptors (Lipinski definition) is 2. The van der Waals surface area contributed by atoms with Gasteiger partial charge in [0.05, 0.1) is 11.4 Å². The minimum Gasteiger partial charge on any atom is -0.312 e. The van der Waals surface area contributed by atoms with E-state index in [0.717, 1.165) is 5.69 Å². The Morgan fingerprint density at radius 1 is 1.29 bits per heavy atom. The summed E-state index contributed by atoms with van der Waals surface area (Å²) in [5.74, 6) is 0. The van der Waals surface area contributed by atoms with E-state index in [2.05, 4.69) is 54.6 Å². The second-order valence-electron chi connectivity index (χ2n) is 4.40. The van der Waals surface area contributed by atoms with E-state index in [-0.39, 0.29) is 6.04 Å². The van der Waals surface area contributed by atoms with Crippen LogP contribution in [0, 0.1) is 6.92 Å². The summed E-state index contributed by atoms with van der Waals surface area (Å²) in [5, 5.41) is 7.77. The quantitative estimate of drug-likeness (QED) is 0.877. The van der Waals surface area contributed by atoms with Crippen LogP contribution in [0.25, 0.3) is 11.3 Å². The van der Waals surface area contributed by atoms with Crippen molar-refractivity contribution in [1.82, 2.24) is 15.1 Å². The van der Waals surface area contributed by atoms with Gasteiger partial charge in [0.25, 0.3) is 0 Å². The Morgan fingerprint density at radius 3 is 2.65 bits per heavy atom. The van der Waals surface area contributed by atoms with Crippen LogP contribution in [-0.4, -0.2) is 16.8 Å². The predicted molar refractivity (Wildman–Crippen MR) is 70.9 cm³/mol. The third-order valence-corrected chi connectivity index (χ3v) is 3.20. The van der Waals surface area contributed by atoms with Crippen LogP contribution in [-0.2, 0) is 7.05 Å². The highest BCUT2D eigenvalue weighted by molar-refractivity contribution is 5.64. The Morgan fingerprint density at radius 2 is 2.00 bits per heavy atom. The van der Waals surface area contributed by atoms with Gasteiger partial charge in [-0.25, -0.2) is 0 Å². The van der Waals surface area contributed by atoms with Crippen LogP contribution in [0.2, 0.25) is 0 Å². The summed E-state index contributed by atoms with van der Waals surface area (Å²) in [6, 6.07) is 10.8. The average molecular weight is 229 g/mol. The maximum absolute atomic E-state index is 4.55. The van der Waals surface area contributed by atoms with Crippen molar-refractivity contribution in [3.05, 3.63) is 41.6 Å². The molecule has 1 atom stereocenters. The van der Waals surface area contributed by atoms with Crippen LogP contribution in [0.1, 0.15) is 24.2 Å². The molecule has 3 heteroatoms. The van der Waals surface area contributed by atoms with Gasteiger partial charge in [0.2, 0.25) is 0 Å². The summed E-state index contributed by atoms with van der Waals surface area (Å²) in [6.45, 7) is 4.24. The second kappa shape index (κ2) is 4.72. The second-order valence-corrected chi connectivity index (χ2v) is 4.40. The highest BCUT2D eigenvalue weighted by Gasteiger charge is 2.12. The normalized spacial score (nSPS) is 12.7. The molecule has 1 unspecified atom stereocenters. The zero-order chi connectivity index (χ0) is 12.4. The number of benzene rings is 1. The van der Waals surface area contributed by atoms with E-state index in [9.17, 15) is 0 Å². The molecule has 90 valence electrons. The molecule has 1 aromatic heterocycles. The highest BCUT2D eigenvalue weighted by Crippen LogP contribution is 2.25. The molecule has 0 saturated carbocycles. The van der Waals surface area contributed by atoms with Gasteiger partial charge in [-0.1, -0.05) is 24.3 Å². The fourth-order valence-electron chi connectivity index (χ4n) is 1.96. The standard InChI is InChI=1S/C14H19N3/c1-10-7-5-6-8-12(10)14-9-13(11(2)15-3)16-17(14)4/h5-9,11,15H,1-4H3. The zero-order valence-electron chi connectivity index (χ0n) is 10.9. The predicted octanol–water partition coefficient (Wildman–Crippen LogP) is 2.68. The molecule has 2 aromatic rings. The maximum Gasteiger partial charge on any atom is 0.0797 e. The first-order chi connectivity index (χ1) is 8.13. The van der Waals surface area contributed by atoms with Crippen molar-refractivity contribution in [3.8, 4) is 11.3 Å².